The fourth-order valence-corrected chi connectivity index (χ4v) is 1.71. The predicted molar refractivity (Wildman–Crippen MR) is 45.7 cm³/mol. The van der Waals surface area contributed by atoms with Gasteiger partial charge in [0.2, 0.25) is 5.91 Å². The number of aldehydes is 1. The fourth-order valence-electron chi connectivity index (χ4n) is 1.71. The average Bonchev–Trinajstić information content (AvgIpc) is 2.47. The number of carbonyl (C=O) groups is 2. The SMILES string of the molecule is CCC(=O)N1CCCC1(C)C=O. The van der Waals surface area contributed by atoms with Gasteiger partial charge in [-0.15, -0.1) is 0 Å². The minimum absolute atomic E-state index is 0.0853. The van der Waals surface area contributed by atoms with Crippen molar-refractivity contribution in [2.75, 3.05) is 6.54 Å². The van der Waals surface area contributed by atoms with Crippen LogP contribution in [0, 0.1) is 0 Å². The zero-order valence-electron chi connectivity index (χ0n) is 7.67. The molecule has 0 radical (unpaired) electrons. The third-order valence-electron chi connectivity index (χ3n) is 2.54. The van der Waals surface area contributed by atoms with Crippen LogP contribution in [0.2, 0.25) is 0 Å². The number of rotatable bonds is 2. The lowest BCUT2D eigenvalue weighted by molar-refractivity contribution is -0.138. The zero-order valence-corrected chi connectivity index (χ0v) is 7.67. The van der Waals surface area contributed by atoms with Gasteiger partial charge < -0.3 is 9.69 Å². The van der Waals surface area contributed by atoms with Crippen molar-refractivity contribution in [3.8, 4) is 0 Å². The summed E-state index contributed by atoms with van der Waals surface area (Å²) in [4.78, 5) is 23.8. The first-order valence-electron chi connectivity index (χ1n) is 4.41. The van der Waals surface area contributed by atoms with Crippen LogP contribution in [0.4, 0.5) is 0 Å². The molecule has 0 saturated carbocycles. The first-order valence-corrected chi connectivity index (χ1v) is 4.41. The molecule has 0 bridgehead atoms. The zero-order chi connectivity index (χ0) is 9.19. The van der Waals surface area contributed by atoms with Crippen LogP contribution in [0.3, 0.4) is 0 Å². The van der Waals surface area contributed by atoms with E-state index in [1.54, 1.807) is 4.90 Å². The minimum Gasteiger partial charge on any atom is -0.331 e. The maximum Gasteiger partial charge on any atom is 0.223 e. The molecule has 1 atom stereocenters. The van der Waals surface area contributed by atoms with Crippen molar-refractivity contribution < 1.29 is 9.59 Å². The largest absolute Gasteiger partial charge is 0.331 e. The molecular formula is C9H15NO2. The second-order valence-corrected chi connectivity index (χ2v) is 3.48. The first kappa shape index (κ1) is 9.23. The molecular weight excluding hydrogens is 154 g/mol. The van der Waals surface area contributed by atoms with Crippen molar-refractivity contribution in [3.63, 3.8) is 0 Å². The predicted octanol–water partition coefficient (Wildman–Crippen LogP) is 0.976. The Bertz CT molecular complexity index is 203. The Morgan fingerprint density at radius 1 is 1.67 bits per heavy atom. The van der Waals surface area contributed by atoms with E-state index in [4.69, 9.17) is 0 Å². The van der Waals surface area contributed by atoms with Crippen LogP contribution in [-0.4, -0.2) is 29.2 Å². The lowest BCUT2D eigenvalue weighted by Crippen LogP contribution is -2.45. The van der Waals surface area contributed by atoms with E-state index >= 15 is 0 Å². The number of amides is 1. The van der Waals surface area contributed by atoms with Crippen LogP contribution in [0.5, 0.6) is 0 Å². The van der Waals surface area contributed by atoms with E-state index in [9.17, 15) is 9.59 Å². The van der Waals surface area contributed by atoms with Crippen LogP contribution in [-0.2, 0) is 9.59 Å². The maximum atomic E-state index is 11.4. The molecule has 0 aromatic rings. The van der Waals surface area contributed by atoms with Crippen molar-refractivity contribution >= 4 is 12.2 Å². The van der Waals surface area contributed by atoms with E-state index in [0.717, 1.165) is 25.7 Å². The number of carbonyl (C=O) groups excluding carboxylic acids is 2. The molecule has 1 unspecified atom stereocenters. The van der Waals surface area contributed by atoms with E-state index in [-0.39, 0.29) is 5.91 Å². The number of likely N-dealkylation sites (tertiary alicyclic amines) is 1. The highest BCUT2D eigenvalue weighted by atomic mass is 16.2. The third-order valence-corrected chi connectivity index (χ3v) is 2.54. The van der Waals surface area contributed by atoms with Gasteiger partial charge >= 0.3 is 0 Å². The molecule has 1 saturated heterocycles. The lowest BCUT2D eigenvalue weighted by Gasteiger charge is -2.29. The Balaban J connectivity index is 2.76. The molecule has 1 rings (SSSR count). The van der Waals surface area contributed by atoms with Gasteiger partial charge in [0.25, 0.3) is 0 Å². The van der Waals surface area contributed by atoms with Crippen molar-refractivity contribution in [2.45, 2.75) is 38.6 Å². The third kappa shape index (κ3) is 1.36. The Morgan fingerprint density at radius 3 is 2.83 bits per heavy atom. The van der Waals surface area contributed by atoms with Gasteiger partial charge in [-0.3, -0.25) is 4.79 Å². The van der Waals surface area contributed by atoms with E-state index < -0.39 is 5.54 Å². The second kappa shape index (κ2) is 3.25. The van der Waals surface area contributed by atoms with Crippen LogP contribution in [0.1, 0.15) is 33.1 Å². The summed E-state index contributed by atoms with van der Waals surface area (Å²) in [6, 6.07) is 0. The van der Waals surface area contributed by atoms with Crippen molar-refractivity contribution in [1.29, 1.82) is 0 Å². The molecule has 68 valence electrons. The van der Waals surface area contributed by atoms with Crippen LogP contribution in [0.15, 0.2) is 0 Å². The minimum atomic E-state index is -0.521. The summed E-state index contributed by atoms with van der Waals surface area (Å²) < 4.78 is 0. The summed E-state index contributed by atoms with van der Waals surface area (Å²) in [6.45, 7) is 4.40. The summed E-state index contributed by atoms with van der Waals surface area (Å²) in [5, 5.41) is 0. The monoisotopic (exact) mass is 169 g/mol. The molecule has 1 amide bonds. The molecule has 0 spiro atoms. The molecule has 0 aromatic carbocycles. The molecule has 1 aliphatic heterocycles. The lowest BCUT2D eigenvalue weighted by atomic mass is 10.0. The smallest absolute Gasteiger partial charge is 0.223 e. The number of hydrogen-bond acceptors (Lipinski definition) is 2. The van der Waals surface area contributed by atoms with E-state index in [0.29, 0.717) is 6.42 Å². The molecule has 1 fully saturated rings. The molecule has 3 nitrogen and oxygen atoms in total. The summed E-state index contributed by atoms with van der Waals surface area (Å²) in [5.41, 5.74) is -0.521. The number of hydrogen-bond donors (Lipinski definition) is 0. The summed E-state index contributed by atoms with van der Waals surface area (Å²) in [5.74, 6) is 0.0853. The second-order valence-electron chi connectivity index (χ2n) is 3.48. The number of nitrogens with zero attached hydrogens (tertiary/aromatic N) is 1. The van der Waals surface area contributed by atoms with Crippen molar-refractivity contribution in [3.05, 3.63) is 0 Å². The highest BCUT2D eigenvalue weighted by molar-refractivity contribution is 5.82. The topological polar surface area (TPSA) is 37.4 Å². The normalized spacial score (nSPS) is 29.0. The van der Waals surface area contributed by atoms with Crippen molar-refractivity contribution in [2.24, 2.45) is 0 Å². The van der Waals surface area contributed by atoms with Crippen LogP contribution < -0.4 is 0 Å². The molecule has 12 heavy (non-hydrogen) atoms. The summed E-state index contributed by atoms with van der Waals surface area (Å²) in [6.07, 6.45) is 3.14. The van der Waals surface area contributed by atoms with Gasteiger partial charge in [0.05, 0.1) is 5.54 Å². The Hall–Kier alpha value is -0.860. The Labute approximate surface area is 72.7 Å². The molecule has 0 N–H and O–H groups in total. The Morgan fingerprint density at radius 2 is 2.33 bits per heavy atom. The van der Waals surface area contributed by atoms with Gasteiger partial charge in [-0.2, -0.15) is 0 Å². The molecule has 1 heterocycles. The standard InChI is InChI=1S/C9H15NO2/c1-3-8(12)10-6-4-5-9(10,2)7-11/h7H,3-6H2,1-2H3. The van der Waals surface area contributed by atoms with E-state index in [1.165, 1.54) is 0 Å². The molecule has 3 heteroatoms. The van der Waals surface area contributed by atoms with Gasteiger partial charge in [0.15, 0.2) is 0 Å². The molecule has 0 aliphatic carbocycles. The fraction of sp³-hybridized carbons (Fsp3) is 0.778. The van der Waals surface area contributed by atoms with E-state index in [2.05, 4.69) is 0 Å². The quantitative estimate of drug-likeness (QED) is 0.578. The summed E-state index contributed by atoms with van der Waals surface area (Å²) in [7, 11) is 0. The van der Waals surface area contributed by atoms with Gasteiger partial charge in [0.1, 0.15) is 6.29 Å². The van der Waals surface area contributed by atoms with Gasteiger partial charge in [-0.05, 0) is 19.8 Å². The Kier molecular flexibility index (Phi) is 2.50. The van der Waals surface area contributed by atoms with Gasteiger partial charge in [-0.25, -0.2) is 0 Å². The highest BCUT2D eigenvalue weighted by Gasteiger charge is 2.38. The molecule has 0 aromatic heterocycles. The van der Waals surface area contributed by atoms with Crippen molar-refractivity contribution in [1.82, 2.24) is 4.90 Å². The first-order chi connectivity index (χ1) is 5.64. The van der Waals surface area contributed by atoms with Crippen LogP contribution >= 0.6 is 0 Å². The van der Waals surface area contributed by atoms with E-state index in [1.807, 2.05) is 13.8 Å². The maximum absolute atomic E-state index is 11.4. The summed E-state index contributed by atoms with van der Waals surface area (Å²) >= 11 is 0. The highest BCUT2D eigenvalue weighted by Crippen LogP contribution is 2.27. The van der Waals surface area contributed by atoms with Gasteiger partial charge in [0, 0.05) is 13.0 Å². The van der Waals surface area contributed by atoms with Gasteiger partial charge in [-0.1, -0.05) is 6.92 Å². The molecule has 1 aliphatic rings. The van der Waals surface area contributed by atoms with Crippen LogP contribution in [0.25, 0.3) is 0 Å². The average molecular weight is 169 g/mol.